The third kappa shape index (κ3) is 3.28. The first kappa shape index (κ1) is 16.8. The Hall–Kier alpha value is -3.03. The van der Waals surface area contributed by atoms with Crippen LogP contribution < -0.4 is 10.1 Å². The zero-order chi connectivity index (χ0) is 18.2. The fourth-order valence-electron chi connectivity index (χ4n) is 2.47. The van der Waals surface area contributed by atoms with Gasteiger partial charge in [0.15, 0.2) is 0 Å². The van der Waals surface area contributed by atoms with Gasteiger partial charge in [0.25, 0.3) is 5.91 Å². The molecule has 8 heteroatoms. The zero-order valence-electron chi connectivity index (χ0n) is 13.4. The summed E-state index contributed by atoms with van der Waals surface area (Å²) in [5.41, 5.74) is 0.302. The average Bonchev–Trinajstić information content (AvgIpc) is 2.89. The Kier molecular flexibility index (Phi) is 4.12. The maximum atomic E-state index is 12.9. The van der Waals surface area contributed by atoms with E-state index in [4.69, 9.17) is 4.74 Å². The highest BCUT2D eigenvalue weighted by Crippen LogP contribution is 2.30. The number of anilines is 1. The van der Waals surface area contributed by atoms with E-state index >= 15 is 0 Å². The van der Waals surface area contributed by atoms with Crippen LogP contribution >= 0.6 is 0 Å². The summed E-state index contributed by atoms with van der Waals surface area (Å²) in [6, 6.07) is 8.78. The number of amides is 1. The van der Waals surface area contributed by atoms with Crippen LogP contribution in [0.25, 0.3) is 5.65 Å². The number of rotatable bonds is 3. The molecule has 0 spiro atoms. The lowest BCUT2D eigenvalue weighted by atomic mass is 10.2. The van der Waals surface area contributed by atoms with Gasteiger partial charge in [-0.2, -0.15) is 13.2 Å². The Balaban J connectivity index is 1.98. The number of halogens is 3. The van der Waals surface area contributed by atoms with Crippen molar-refractivity contribution in [3.63, 3.8) is 0 Å². The number of aromatic nitrogens is 2. The van der Waals surface area contributed by atoms with Gasteiger partial charge in [0, 0.05) is 11.9 Å². The molecule has 3 rings (SSSR count). The summed E-state index contributed by atoms with van der Waals surface area (Å²) < 4.78 is 45.0. The van der Waals surface area contributed by atoms with E-state index in [1.165, 1.54) is 13.2 Å². The highest BCUT2D eigenvalue weighted by molar-refractivity contribution is 6.04. The van der Waals surface area contributed by atoms with E-state index in [0.29, 0.717) is 17.1 Å². The van der Waals surface area contributed by atoms with E-state index in [9.17, 15) is 18.0 Å². The molecule has 0 aliphatic heterocycles. The maximum absolute atomic E-state index is 12.9. The molecule has 0 radical (unpaired) electrons. The molecule has 1 amide bonds. The molecule has 0 saturated carbocycles. The van der Waals surface area contributed by atoms with Gasteiger partial charge >= 0.3 is 6.18 Å². The first-order valence-corrected chi connectivity index (χ1v) is 7.31. The van der Waals surface area contributed by atoms with Gasteiger partial charge in [-0.05, 0) is 43.3 Å². The Morgan fingerprint density at radius 2 is 1.84 bits per heavy atom. The van der Waals surface area contributed by atoms with E-state index in [2.05, 4.69) is 10.3 Å². The van der Waals surface area contributed by atoms with Crippen LogP contribution in [0.4, 0.5) is 18.9 Å². The lowest BCUT2D eigenvalue weighted by Crippen LogP contribution is -2.16. The predicted molar refractivity (Wildman–Crippen MR) is 85.9 cm³/mol. The van der Waals surface area contributed by atoms with Gasteiger partial charge in [-0.25, -0.2) is 4.98 Å². The summed E-state index contributed by atoms with van der Waals surface area (Å²) in [6.45, 7) is 1.57. The van der Waals surface area contributed by atoms with Gasteiger partial charge in [-0.1, -0.05) is 0 Å². The topological polar surface area (TPSA) is 55.6 Å². The van der Waals surface area contributed by atoms with Crippen LogP contribution in [0.1, 0.15) is 21.7 Å². The fourth-order valence-corrected chi connectivity index (χ4v) is 2.47. The number of methoxy groups -OCH3 is 1. The van der Waals surface area contributed by atoms with E-state index in [0.717, 1.165) is 16.7 Å². The van der Waals surface area contributed by atoms with Crippen LogP contribution in [0.2, 0.25) is 0 Å². The number of hydrogen-bond donors (Lipinski definition) is 1. The van der Waals surface area contributed by atoms with Crippen molar-refractivity contribution in [2.45, 2.75) is 13.1 Å². The summed E-state index contributed by atoms with van der Waals surface area (Å²) in [7, 11) is 1.52. The number of hydrogen-bond acceptors (Lipinski definition) is 3. The number of ether oxygens (including phenoxy) is 1. The second kappa shape index (κ2) is 6.12. The summed E-state index contributed by atoms with van der Waals surface area (Å²) in [4.78, 5) is 16.7. The molecule has 0 fully saturated rings. The molecule has 2 aromatic heterocycles. The van der Waals surface area contributed by atoms with Crippen molar-refractivity contribution in [1.82, 2.24) is 9.38 Å². The van der Waals surface area contributed by atoms with Crippen LogP contribution in [0, 0.1) is 6.92 Å². The van der Waals surface area contributed by atoms with Gasteiger partial charge in [0.2, 0.25) is 0 Å². The number of carbonyl (C=O) groups excluding carboxylic acids is 1. The number of imidazole rings is 1. The Bertz CT molecular complexity index is 931. The largest absolute Gasteiger partial charge is 0.497 e. The van der Waals surface area contributed by atoms with E-state index in [1.54, 1.807) is 31.2 Å². The maximum Gasteiger partial charge on any atom is 0.417 e. The number of benzene rings is 1. The van der Waals surface area contributed by atoms with Crippen LogP contribution in [-0.2, 0) is 6.18 Å². The first-order valence-electron chi connectivity index (χ1n) is 7.31. The van der Waals surface area contributed by atoms with Gasteiger partial charge in [-0.3, -0.25) is 9.20 Å². The SMILES string of the molecule is COc1ccc(NC(=O)c2c(C)nc3ccc(C(F)(F)F)cn23)cc1. The van der Waals surface area contributed by atoms with Crippen molar-refractivity contribution < 1.29 is 22.7 Å². The van der Waals surface area contributed by atoms with Crippen molar-refractivity contribution in [3.05, 3.63) is 59.5 Å². The van der Waals surface area contributed by atoms with Crippen molar-refractivity contribution in [1.29, 1.82) is 0 Å². The second-order valence-electron chi connectivity index (χ2n) is 5.37. The molecular weight excluding hydrogens is 335 g/mol. The minimum Gasteiger partial charge on any atom is -0.497 e. The molecule has 0 saturated heterocycles. The highest BCUT2D eigenvalue weighted by Gasteiger charge is 2.31. The van der Waals surface area contributed by atoms with Crippen molar-refractivity contribution in [2.75, 3.05) is 12.4 Å². The summed E-state index contributed by atoms with van der Waals surface area (Å²) in [5, 5.41) is 2.65. The molecule has 5 nitrogen and oxygen atoms in total. The van der Waals surface area contributed by atoms with Crippen molar-refractivity contribution >= 4 is 17.2 Å². The number of aryl methyl sites for hydroxylation is 1. The van der Waals surface area contributed by atoms with Crippen LogP contribution in [0.15, 0.2) is 42.6 Å². The Morgan fingerprint density at radius 1 is 1.16 bits per heavy atom. The first-order chi connectivity index (χ1) is 11.8. The molecule has 0 atom stereocenters. The zero-order valence-corrected chi connectivity index (χ0v) is 13.4. The molecule has 3 aromatic rings. The Morgan fingerprint density at radius 3 is 2.44 bits per heavy atom. The summed E-state index contributed by atoms with van der Waals surface area (Å²) in [6.07, 6.45) is -3.63. The third-order valence-electron chi connectivity index (χ3n) is 3.68. The van der Waals surface area contributed by atoms with Crippen LogP contribution in [0.5, 0.6) is 5.75 Å². The molecule has 0 aliphatic carbocycles. The van der Waals surface area contributed by atoms with E-state index < -0.39 is 17.6 Å². The number of fused-ring (bicyclic) bond motifs is 1. The van der Waals surface area contributed by atoms with E-state index in [1.807, 2.05) is 0 Å². The molecule has 25 heavy (non-hydrogen) atoms. The quantitative estimate of drug-likeness (QED) is 0.780. The molecule has 130 valence electrons. The highest BCUT2D eigenvalue weighted by atomic mass is 19.4. The lowest BCUT2D eigenvalue weighted by Gasteiger charge is -2.09. The van der Waals surface area contributed by atoms with Gasteiger partial charge in [-0.15, -0.1) is 0 Å². The normalized spacial score (nSPS) is 11.6. The molecule has 0 bridgehead atoms. The number of nitrogens with zero attached hydrogens (tertiary/aromatic N) is 2. The molecule has 0 aliphatic rings. The fraction of sp³-hybridized carbons (Fsp3) is 0.176. The third-order valence-corrected chi connectivity index (χ3v) is 3.68. The van der Waals surface area contributed by atoms with Gasteiger partial charge in [0.1, 0.15) is 17.1 Å². The summed E-state index contributed by atoms with van der Waals surface area (Å²) >= 11 is 0. The van der Waals surface area contributed by atoms with E-state index in [-0.39, 0.29) is 11.3 Å². The smallest absolute Gasteiger partial charge is 0.417 e. The average molecular weight is 349 g/mol. The molecule has 1 aromatic carbocycles. The van der Waals surface area contributed by atoms with Gasteiger partial charge in [0.05, 0.1) is 18.4 Å². The van der Waals surface area contributed by atoms with Crippen molar-refractivity contribution in [2.24, 2.45) is 0 Å². The number of alkyl halides is 3. The van der Waals surface area contributed by atoms with Gasteiger partial charge < -0.3 is 10.1 Å². The Labute approximate surface area is 141 Å². The monoisotopic (exact) mass is 349 g/mol. The predicted octanol–water partition coefficient (Wildman–Crippen LogP) is 3.92. The molecule has 1 N–H and O–H groups in total. The second-order valence-corrected chi connectivity index (χ2v) is 5.37. The van der Waals surface area contributed by atoms with Crippen molar-refractivity contribution in [3.8, 4) is 5.75 Å². The van der Waals surface area contributed by atoms with Crippen LogP contribution in [0.3, 0.4) is 0 Å². The lowest BCUT2D eigenvalue weighted by molar-refractivity contribution is -0.137. The minimum atomic E-state index is -4.50. The minimum absolute atomic E-state index is 0.0527. The number of carbonyl (C=O) groups is 1. The number of nitrogens with one attached hydrogen (secondary N) is 1. The molecule has 0 unspecified atom stereocenters. The molecular formula is C17H14F3N3O2. The standard InChI is InChI=1S/C17H14F3N3O2/c1-10-15(16(24)22-12-4-6-13(25-2)7-5-12)23-9-11(17(18,19)20)3-8-14(23)21-10/h3-9H,1-2H3,(H,22,24). The number of pyridine rings is 1. The van der Waals surface area contributed by atoms with Crippen LogP contribution in [-0.4, -0.2) is 22.4 Å². The summed E-state index contributed by atoms with van der Waals surface area (Å²) in [5.74, 6) is 0.0771. The molecule has 2 heterocycles.